The van der Waals surface area contributed by atoms with Gasteiger partial charge < -0.3 is 9.73 Å². The van der Waals surface area contributed by atoms with Gasteiger partial charge >= 0.3 is 6.18 Å². The zero-order chi connectivity index (χ0) is 27.5. The summed E-state index contributed by atoms with van der Waals surface area (Å²) < 4.78 is 47.2. The number of nitrogens with zero attached hydrogens (tertiary/aromatic N) is 1. The number of aromatic nitrogens is 1. The van der Waals surface area contributed by atoms with Gasteiger partial charge in [0, 0.05) is 18.2 Å². The zero-order valence-electron chi connectivity index (χ0n) is 21.1. The summed E-state index contributed by atoms with van der Waals surface area (Å²) in [4.78, 5) is 18.7. The van der Waals surface area contributed by atoms with Crippen molar-refractivity contribution < 1.29 is 22.4 Å². The molecule has 0 saturated heterocycles. The van der Waals surface area contributed by atoms with Crippen LogP contribution in [0.2, 0.25) is 0 Å². The van der Waals surface area contributed by atoms with Crippen molar-refractivity contribution in [3.8, 4) is 11.1 Å². The van der Waals surface area contributed by atoms with Gasteiger partial charge in [0.15, 0.2) is 0 Å². The number of aryl methyl sites for hydroxylation is 1. The Kier molecular flexibility index (Phi) is 7.07. The lowest BCUT2D eigenvalue weighted by atomic mass is 9.79. The zero-order valence-corrected chi connectivity index (χ0v) is 21.1. The molecule has 196 valence electrons. The van der Waals surface area contributed by atoms with Gasteiger partial charge in [0.25, 0.3) is 5.91 Å². The van der Waals surface area contributed by atoms with Crippen molar-refractivity contribution in [3.63, 3.8) is 0 Å². The lowest BCUT2D eigenvalue weighted by Crippen LogP contribution is -2.49. The number of halogens is 3. The second kappa shape index (κ2) is 10.6. The molecule has 5 rings (SSSR count). The average Bonchev–Trinajstić information content (AvgIpc) is 3.35. The van der Waals surface area contributed by atoms with Crippen LogP contribution in [-0.2, 0) is 18.1 Å². The summed E-state index contributed by atoms with van der Waals surface area (Å²) in [6.07, 6.45) is -1.32. The van der Waals surface area contributed by atoms with Crippen LogP contribution >= 0.6 is 0 Å². The van der Waals surface area contributed by atoms with Crippen LogP contribution in [-0.4, -0.2) is 10.9 Å². The van der Waals surface area contributed by atoms with E-state index in [0.29, 0.717) is 22.6 Å². The number of pyridine rings is 1. The number of benzene rings is 3. The molecular weight excluding hydrogens is 501 g/mol. The van der Waals surface area contributed by atoms with Gasteiger partial charge in [0.05, 0.1) is 23.1 Å². The fourth-order valence-electron chi connectivity index (χ4n) is 4.82. The van der Waals surface area contributed by atoms with E-state index < -0.39 is 23.2 Å². The van der Waals surface area contributed by atoms with Crippen LogP contribution in [0.5, 0.6) is 0 Å². The fraction of sp³-hybridized carbons (Fsp3) is 0.125. The molecule has 3 aromatic carbocycles. The number of nitrogens with one attached hydrogen (secondary N) is 1. The van der Waals surface area contributed by atoms with Crippen LogP contribution in [0, 0.1) is 6.92 Å². The highest BCUT2D eigenvalue weighted by Crippen LogP contribution is 2.38. The summed E-state index contributed by atoms with van der Waals surface area (Å²) in [5, 5.41) is 3.11. The van der Waals surface area contributed by atoms with Crippen LogP contribution in [0.4, 0.5) is 13.2 Å². The first kappa shape index (κ1) is 26.0. The Hall–Kier alpha value is -4.65. The Labute approximate surface area is 224 Å². The number of alkyl halides is 3. The molecule has 5 aromatic rings. The lowest BCUT2D eigenvalue weighted by molar-refractivity contribution is -0.137. The number of hydrogen-bond donors (Lipinski definition) is 1. The van der Waals surface area contributed by atoms with Crippen molar-refractivity contribution in [2.45, 2.75) is 25.1 Å². The number of rotatable bonds is 7. The maximum atomic E-state index is 14.1. The molecule has 0 aliphatic carbocycles. The topological polar surface area (TPSA) is 55.1 Å². The molecular formula is C32H25F3N2O2. The number of carbonyl (C=O) groups excluding carboxylic acids is 1. The number of amides is 1. The van der Waals surface area contributed by atoms with Crippen molar-refractivity contribution >= 4 is 5.91 Å². The molecule has 2 aromatic heterocycles. The Balaban J connectivity index is 1.71. The average molecular weight is 527 g/mol. The van der Waals surface area contributed by atoms with Crippen molar-refractivity contribution in [2.75, 3.05) is 0 Å². The van der Waals surface area contributed by atoms with Crippen molar-refractivity contribution in [1.29, 1.82) is 0 Å². The van der Waals surface area contributed by atoms with Gasteiger partial charge in [0.2, 0.25) is 0 Å². The van der Waals surface area contributed by atoms with Gasteiger partial charge in [0.1, 0.15) is 11.3 Å². The molecule has 0 bridgehead atoms. The SMILES string of the molecule is Cc1occ(-c2ccccc2)c1C(=O)NC(Cc1ccccc1)(c1cccc(C(F)(F)F)c1)c1ccccn1. The van der Waals surface area contributed by atoms with Gasteiger partial charge in [-0.15, -0.1) is 0 Å². The standard InChI is InChI=1S/C32H25F3N2O2/c1-22-29(27(21-39-22)24-13-6-3-7-14-24)30(38)37-31(28-17-8-9-18-36-28,20-23-11-4-2-5-12-23)25-15-10-16-26(19-25)32(33,34)35/h2-19,21H,20H2,1H3,(H,37,38). The monoisotopic (exact) mass is 526 g/mol. The second-order valence-electron chi connectivity index (χ2n) is 9.26. The van der Waals surface area contributed by atoms with Gasteiger partial charge in [-0.25, -0.2) is 0 Å². The van der Waals surface area contributed by atoms with Crippen LogP contribution in [0.1, 0.15) is 38.5 Å². The Morgan fingerprint density at radius 1 is 0.846 bits per heavy atom. The molecule has 0 fully saturated rings. The van der Waals surface area contributed by atoms with Gasteiger partial charge in [-0.05, 0) is 47.9 Å². The quantitative estimate of drug-likeness (QED) is 0.238. The van der Waals surface area contributed by atoms with Crippen molar-refractivity contribution in [2.24, 2.45) is 0 Å². The molecule has 1 unspecified atom stereocenters. The second-order valence-corrected chi connectivity index (χ2v) is 9.26. The maximum absolute atomic E-state index is 14.1. The smallest absolute Gasteiger partial charge is 0.416 e. The molecule has 0 radical (unpaired) electrons. The van der Waals surface area contributed by atoms with Crippen LogP contribution in [0.15, 0.2) is 120 Å². The maximum Gasteiger partial charge on any atom is 0.416 e. The van der Waals surface area contributed by atoms with E-state index in [1.54, 1.807) is 37.4 Å². The van der Waals surface area contributed by atoms with E-state index in [-0.39, 0.29) is 12.0 Å². The summed E-state index contributed by atoms with van der Waals surface area (Å²) in [5.41, 5.74) is 0.911. The minimum Gasteiger partial charge on any atom is -0.468 e. The van der Waals surface area contributed by atoms with Gasteiger partial charge in [-0.1, -0.05) is 78.9 Å². The molecule has 0 saturated carbocycles. The van der Waals surface area contributed by atoms with Gasteiger partial charge in [-0.2, -0.15) is 13.2 Å². The highest BCUT2D eigenvalue weighted by Gasteiger charge is 2.41. The van der Waals surface area contributed by atoms with E-state index in [0.717, 1.165) is 23.3 Å². The summed E-state index contributed by atoms with van der Waals surface area (Å²) in [5.74, 6) is -0.0934. The molecule has 2 heterocycles. The van der Waals surface area contributed by atoms with Crippen LogP contribution in [0.3, 0.4) is 0 Å². The predicted molar refractivity (Wildman–Crippen MR) is 143 cm³/mol. The Morgan fingerprint density at radius 3 is 2.18 bits per heavy atom. The molecule has 39 heavy (non-hydrogen) atoms. The highest BCUT2D eigenvalue weighted by atomic mass is 19.4. The van der Waals surface area contributed by atoms with E-state index in [2.05, 4.69) is 10.3 Å². The number of furan rings is 1. The number of hydrogen-bond acceptors (Lipinski definition) is 3. The van der Waals surface area contributed by atoms with E-state index >= 15 is 0 Å². The third-order valence-corrected chi connectivity index (χ3v) is 6.71. The number of carbonyl (C=O) groups is 1. The summed E-state index contributed by atoms with van der Waals surface area (Å²) in [6.45, 7) is 1.69. The molecule has 4 nitrogen and oxygen atoms in total. The highest BCUT2D eigenvalue weighted by molar-refractivity contribution is 6.02. The first-order valence-corrected chi connectivity index (χ1v) is 12.4. The summed E-state index contributed by atoms with van der Waals surface area (Å²) in [6, 6.07) is 28.8. The molecule has 0 spiro atoms. The Morgan fingerprint density at radius 2 is 1.51 bits per heavy atom. The first-order valence-electron chi connectivity index (χ1n) is 12.4. The molecule has 1 N–H and O–H groups in total. The van der Waals surface area contributed by atoms with Crippen molar-refractivity contribution in [1.82, 2.24) is 10.3 Å². The minimum atomic E-state index is -4.57. The summed E-state index contributed by atoms with van der Waals surface area (Å²) >= 11 is 0. The normalized spacial score (nSPS) is 13.0. The van der Waals surface area contributed by atoms with E-state index in [1.807, 2.05) is 60.7 Å². The minimum absolute atomic E-state index is 0.162. The molecule has 1 amide bonds. The lowest BCUT2D eigenvalue weighted by Gasteiger charge is -2.36. The summed E-state index contributed by atoms with van der Waals surface area (Å²) in [7, 11) is 0. The molecule has 1 atom stereocenters. The third-order valence-electron chi connectivity index (χ3n) is 6.71. The van der Waals surface area contributed by atoms with E-state index in [1.165, 1.54) is 12.3 Å². The Bertz CT molecular complexity index is 1570. The molecule has 0 aliphatic rings. The third kappa shape index (κ3) is 5.34. The first-order chi connectivity index (χ1) is 18.8. The molecule has 0 aliphatic heterocycles. The fourth-order valence-corrected chi connectivity index (χ4v) is 4.82. The largest absolute Gasteiger partial charge is 0.468 e. The van der Waals surface area contributed by atoms with Crippen LogP contribution < -0.4 is 5.32 Å². The van der Waals surface area contributed by atoms with Gasteiger partial charge in [-0.3, -0.25) is 9.78 Å². The molecule has 7 heteroatoms. The van der Waals surface area contributed by atoms with Crippen molar-refractivity contribution in [3.05, 3.63) is 149 Å². The van der Waals surface area contributed by atoms with Crippen LogP contribution in [0.25, 0.3) is 11.1 Å². The van der Waals surface area contributed by atoms with E-state index in [4.69, 9.17) is 4.42 Å². The van der Waals surface area contributed by atoms with E-state index in [9.17, 15) is 18.0 Å². The predicted octanol–water partition coefficient (Wildman–Crippen LogP) is 7.59.